The molecule has 2 rings (SSSR count). The first-order valence-corrected chi connectivity index (χ1v) is 8.10. The minimum absolute atomic E-state index is 0.191. The largest absolute Gasteiger partial charge is 0.594 e. The molecule has 1 saturated heterocycles. The van der Waals surface area contributed by atoms with E-state index in [0.29, 0.717) is 5.56 Å². The summed E-state index contributed by atoms with van der Waals surface area (Å²) in [7, 11) is 3.40. The van der Waals surface area contributed by atoms with E-state index in [0.717, 1.165) is 19.4 Å². The Kier molecular flexibility index (Phi) is 5.50. The van der Waals surface area contributed by atoms with Crippen molar-refractivity contribution < 1.29 is 14.1 Å². The molecule has 0 radical (unpaired) electrons. The van der Waals surface area contributed by atoms with Crippen LogP contribution in [-0.2, 0) is 9.31 Å². The first-order valence-electron chi connectivity index (χ1n) is 8.10. The molecule has 1 N–H and O–H groups in total. The number of nitrogens with zero attached hydrogens (tertiary/aromatic N) is 1. The molecule has 126 valence electrons. The van der Waals surface area contributed by atoms with Crippen molar-refractivity contribution in [1.82, 2.24) is 10.1 Å². The summed E-state index contributed by atoms with van der Waals surface area (Å²) in [5.74, 6) is -0.191. The molecule has 1 aromatic rings. The molecule has 1 unspecified atom stereocenters. The van der Waals surface area contributed by atoms with Crippen LogP contribution >= 0.6 is 0 Å². The lowest BCUT2D eigenvalue weighted by atomic mass is 9.84. The number of carbonyl (C=O) groups excluding carboxylic acids is 1. The maximum atomic E-state index is 12.2. The van der Waals surface area contributed by atoms with Gasteiger partial charge in [-0.15, -0.1) is 0 Å². The zero-order valence-electron chi connectivity index (χ0n) is 14.8. The maximum Gasteiger partial charge on any atom is 0.594 e. The summed E-state index contributed by atoms with van der Waals surface area (Å²) in [5.41, 5.74) is -0.301. The van der Waals surface area contributed by atoms with Gasteiger partial charge < -0.3 is 19.4 Å². The van der Waals surface area contributed by atoms with E-state index in [-0.39, 0.29) is 5.91 Å². The van der Waals surface area contributed by atoms with Crippen molar-refractivity contribution in [2.75, 3.05) is 20.6 Å². The van der Waals surface area contributed by atoms with Crippen molar-refractivity contribution in [3.63, 3.8) is 0 Å². The molecule has 0 aliphatic carbocycles. The van der Waals surface area contributed by atoms with E-state index in [1.165, 1.54) is 0 Å². The van der Waals surface area contributed by atoms with Gasteiger partial charge in [0.2, 0.25) is 5.91 Å². The molecule has 1 aromatic carbocycles. The van der Waals surface area contributed by atoms with Crippen LogP contribution in [0.15, 0.2) is 30.3 Å². The van der Waals surface area contributed by atoms with Crippen LogP contribution in [0, 0.1) is 0 Å². The SMILES string of the molecule is CN(C)CCCC1(C)OB(NC(=O)c2ccccc2)OC1(C)C. The average molecular weight is 318 g/mol. The molecule has 0 aromatic heterocycles. The van der Waals surface area contributed by atoms with E-state index >= 15 is 0 Å². The number of hydrogen-bond acceptors (Lipinski definition) is 4. The highest BCUT2D eigenvalue weighted by molar-refractivity contribution is 6.47. The van der Waals surface area contributed by atoms with Crippen molar-refractivity contribution in [2.24, 2.45) is 0 Å². The highest BCUT2D eigenvalue weighted by atomic mass is 16.7. The second kappa shape index (κ2) is 7.03. The molecule has 1 fully saturated rings. The van der Waals surface area contributed by atoms with Gasteiger partial charge in [0.25, 0.3) is 0 Å². The highest BCUT2D eigenvalue weighted by Gasteiger charge is 2.54. The fraction of sp³-hybridized carbons (Fsp3) is 0.588. The van der Waals surface area contributed by atoms with Crippen LogP contribution in [0.3, 0.4) is 0 Å². The molecule has 5 nitrogen and oxygen atoms in total. The van der Waals surface area contributed by atoms with Crippen molar-refractivity contribution in [1.29, 1.82) is 0 Å². The third-order valence-electron chi connectivity index (χ3n) is 4.59. The molecule has 1 amide bonds. The van der Waals surface area contributed by atoms with E-state index in [9.17, 15) is 4.79 Å². The Bertz CT molecular complexity index is 536. The molecular formula is C17H27BN2O3. The molecule has 1 heterocycles. The number of carbonyl (C=O) groups is 1. The Morgan fingerprint density at radius 2 is 1.83 bits per heavy atom. The Balaban J connectivity index is 1.97. The summed E-state index contributed by atoms with van der Waals surface area (Å²) in [4.78, 5) is 14.4. The van der Waals surface area contributed by atoms with Gasteiger partial charge in [-0.1, -0.05) is 18.2 Å². The number of nitrogens with one attached hydrogen (secondary N) is 1. The minimum Gasteiger partial charge on any atom is -0.384 e. The first-order chi connectivity index (χ1) is 10.7. The van der Waals surface area contributed by atoms with Crippen LogP contribution in [-0.4, -0.2) is 49.9 Å². The lowest BCUT2D eigenvalue weighted by Crippen LogP contribution is -2.45. The molecule has 23 heavy (non-hydrogen) atoms. The molecule has 1 aliphatic rings. The molecule has 0 saturated carbocycles. The van der Waals surface area contributed by atoms with E-state index in [4.69, 9.17) is 9.31 Å². The normalized spacial score (nSPS) is 23.3. The minimum atomic E-state index is -0.720. The van der Waals surface area contributed by atoms with E-state index in [1.54, 1.807) is 12.1 Å². The molecule has 6 heteroatoms. The monoisotopic (exact) mass is 318 g/mol. The molecule has 1 aliphatic heterocycles. The zero-order chi connectivity index (χ0) is 17.1. The van der Waals surface area contributed by atoms with Gasteiger partial charge in [-0.3, -0.25) is 4.79 Å². The lowest BCUT2D eigenvalue weighted by Gasteiger charge is -2.36. The van der Waals surface area contributed by atoms with Gasteiger partial charge >= 0.3 is 7.25 Å². The number of amides is 1. The van der Waals surface area contributed by atoms with E-state index < -0.39 is 18.5 Å². The number of rotatable bonds is 6. The van der Waals surface area contributed by atoms with Crippen LogP contribution in [0.2, 0.25) is 0 Å². The van der Waals surface area contributed by atoms with Crippen molar-refractivity contribution >= 4 is 13.2 Å². The van der Waals surface area contributed by atoms with Gasteiger partial charge in [0.1, 0.15) is 0 Å². The third kappa shape index (κ3) is 4.34. The average Bonchev–Trinajstić information content (AvgIpc) is 2.68. The van der Waals surface area contributed by atoms with Gasteiger partial charge in [0, 0.05) is 5.56 Å². The third-order valence-corrected chi connectivity index (χ3v) is 4.59. The fourth-order valence-corrected chi connectivity index (χ4v) is 2.73. The van der Waals surface area contributed by atoms with Crippen molar-refractivity contribution in [3.05, 3.63) is 35.9 Å². The summed E-state index contributed by atoms with van der Waals surface area (Å²) in [6.45, 7) is 7.07. The topological polar surface area (TPSA) is 50.8 Å². The summed E-state index contributed by atoms with van der Waals surface area (Å²) < 4.78 is 12.0. The Morgan fingerprint density at radius 3 is 2.43 bits per heavy atom. The first kappa shape index (κ1) is 18.0. The Labute approximate surface area is 139 Å². The summed E-state index contributed by atoms with van der Waals surface area (Å²) in [6, 6.07) is 9.09. The fourth-order valence-electron chi connectivity index (χ4n) is 2.73. The van der Waals surface area contributed by atoms with Crippen LogP contribution in [0.25, 0.3) is 0 Å². The maximum absolute atomic E-state index is 12.2. The van der Waals surface area contributed by atoms with Crippen LogP contribution in [0.1, 0.15) is 44.0 Å². The smallest absolute Gasteiger partial charge is 0.384 e. The van der Waals surface area contributed by atoms with E-state index in [2.05, 4.69) is 31.1 Å². The Hall–Kier alpha value is -1.37. The van der Waals surface area contributed by atoms with Gasteiger partial charge in [-0.05, 0) is 66.4 Å². The number of hydrogen-bond donors (Lipinski definition) is 1. The standard InChI is InChI=1S/C17H27BN2O3/c1-16(2)17(3,12-9-13-20(4)5)23-18(22-16)19-15(21)14-10-7-6-8-11-14/h6-8,10-11H,9,12-13H2,1-5H3,(H,19,21). The van der Waals surface area contributed by atoms with Crippen molar-refractivity contribution in [3.8, 4) is 0 Å². The molecule has 0 spiro atoms. The summed E-state index contributed by atoms with van der Waals surface area (Å²) in [6.07, 6.45) is 1.88. The second-order valence-corrected chi connectivity index (χ2v) is 7.06. The summed E-state index contributed by atoms with van der Waals surface area (Å²) >= 11 is 0. The van der Waals surface area contributed by atoms with Gasteiger partial charge in [-0.25, -0.2) is 0 Å². The second-order valence-electron chi connectivity index (χ2n) is 7.06. The Morgan fingerprint density at radius 1 is 1.17 bits per heavy atom. The van der Waals surface area contributed by atoms with Gasteiger partial charge in [0.05, 0.1) is 11.2 Å². The molecular weight excluding hydrogens is 291 g/mol. The van der Waals surface area contributed by atoms with Crippen molar-refractivity contribution in [2.45, 2.75) is 44.8 Å². The van der Waals surface area contributed by atoms with Gasteiger partial charge in [0.15, 0.2) is 0 Å². The predicted octanol–water partition coefficient (Wildman–Crippen LogP) is 2.33. The lowest BCUT2D eigenvalue weighted by molar-refractivity contribution is -0.0177. The predicted molar refractivity (Wildman–Crippen MR) is 92.1 cm³/mol. The molecule has 1 atom stereocenters. The van der Waals surface area contributed by atoms with Crippen LogP contribution in [0.5, 0.6) is 0 Å². The summed E-state index contributed by atoms with van der Waals surface area (Å²) in [5, 5.41) is 2.81. The zero-order valence-corrected chi connectivity index (χ0v) is 14.8. The van der Waals surface area contributed by atoms with Gasteiger partial charge in [-0.2, -0.15) is 0 Å². The quantitative estimate of drug-likeness (QED) is 0.818. The number of benzene rings is 1. The highest BCUT2D eigenvalue weighted by Crippen LogP contribution is 2.39. The van der Waals surface area contributed by atoms with Crippen LogP contribution in [0.4, 0.5) is 0 Å². The van der Waals surface area contributed by atoms with E-state index in [1.807, 2.05) is 32.0 Å². The van der Waals surface area contributed by atoms with Crippen LogP contribution < -0.4 is 5.23 Å². The molecule has 0 bridgehead atoms.